The number of unbranched alkanes of at least 4 members (excludes halogenated alkanes) is 1. The molecular weight excluding hydrogens is 230 g/mol. The van der Waals surface area contributed by atoms with E-state index in [1.807, 2.05) is 0 Å². The van der Waals surface area contributed by atoms with Crippen LogP contribution in [0.3, 0.4) is 0 Å². The molecule has 1 aromatic carbocycles. The van der Waals surface area contributed by atoms with Crippen molar-refractivity contribution in [1.29, 1.82) is 0 Å². The monoisotopic (exact) mass is 253 g/mol. The fourth-order valence-corrected chi connectivity index (χ4v) is 2.42. The first-order valence-corrected chi connectivity index (χ1v) is 7.20. The molecule has 0 atom stereocenters. The van der Waals surface area contributed by atoms with Gasteiger partial charge in [0.1, 0.15) is 0 Å². The van der Waals surface area contributed by atoms with Crippen molar-refractivity contribution in [2.24, 2.45) is 4.99 Å². The molecule has 0 fully saturated rings. The van der Waals surface area contributed by atoms with Gasteiger partial charge in [0.05, 0.1) is 0 Å². The Morgan fingerprint density at radius 1 is 1.26 bits per heavy atom. The fraction of sp³-hybridized carbons (Fsp3) is 0.389. The Kier molecular flexibility index (Phi) is 4.73. The molecule has 1 aliphatic rings. The van der Waals surface area contributed by atoms with Crippen molar-refractivity contribution in [3.8, 4) is 0 Å². The second kappa shape index (κ2) is 6.51. The summed E-state index contributed by atoms with van der Waals surface area (Å²) >= 11 is 0. The molecule has 0 saturated heterocycles. The van der Waals surface area contributed by atoms with Crippen LogP contribution in [0.1, 0.15) is 51.2 Å². The zero-order chi connectivity index (χ0) is 13.7. The second-order valence-corrected chi connectivity index (χ2v) is 5.19. The minimum atomic E-state index is 0.937. The maximum Gasteiger partial charge on any atom is 0.0395 e. The van der Waals surface area contributed by atoms with Gasteiger partial charge >= 0.3 is 0 Å². The van der Waals surface area contributed by atoms with E-state index in [9.17, 15) is 0 Å². The third-order valence-corrected chi connectivity index (χ3v) is 3.57. The number of hydrogen-bond donors (Lipinski definition) is 0. The summed E-state index contributed by atoms with van der Waals surface area (Å²) < 4.78 is 0. The van der Waals surface area contributed by atoms with E-state index >= 15 is 0 Å². The zero-order valence-electron chi connectivity index (χ0n) is 12.2. The summed E-state index contributed by atoms with van der Waals surface area (Å²) in [5, 5.41) is 0. The van der Waals surface area contributed by atoms with Crippen LogP contribution in [-0.2, 0) is 0 Å². The molecule has 0 spiro atoms. The predicted octanol–water partition coefficient (Wildman–Crippen LogP) is 5.03. The largest absolute Gasteiger partial charge is 0.289 e. The summed E-state index contributed by atoms with van der Waals surface area (Å²) in [6.45, 7) is 7.44. The summed E-state index contributed by atoms with van der Waals surface area (Å²) in [6.07, 6.45) is 7.99. The van der Waals surface area contributed by atoms with Crippen LogP contribution >= 0.6 is 0 Å². The second-order valence-electron chi connectivity index (χ2n) is 5.19. The van der Waals surface area contributed by atoms with Crippen LogP contribution in [0.4, 0.5) is 0 Å². The smallest absolute Gasteiger partial charge is 0.0395 e. The summed E-state index contributed by atoms with van der Waals surface area (Å²) in [4.78, 5) is 4.71. The molecule has 1 heteroatoms. The van der Waals surface area contributed by atoms with Crippen molar-refractivity contribution in [1.82, 2.24) is 0 Å². The molecule has 0 heterocycles. The molecule has 0 bridgehead atoms. The minimum Gasteiger partial charge on any atom is -0.289 e. The van der Waals surface area contributed by atoms with Crippen LogP contribution < -0.4 is 0 Å². The molecule has 0 radical (unpaired) electrons. The molecule has 0 unspecified atom stereocenters. The van der Waals surface area contributed by atoms with Crippen LogP contribution in [0.25, 0.3) is 5.57 Å². The first kappa shape index (κ1) is 13.8. The maximum absolute atomic E-state index is 4.71. The highest BCUT2D eigenvalue weighted by atomic mass is 14.7. The summed E-state index contributed by atoms with van der Waals surface area (Å²) in [5.41, 5.74) is 6.57. The number of rotatable bonds is 5. The molecule has 1 aromatic rings. The standard InChI is InChI=1S/C18H23N/c1-4-5-12-19-15(3)17-8-6-7-9-18(17)16-11-10-14(2)13-16/h6-10,13H,4-5,11-12H2,1-3H3/b19-15+. The average molecular weight is 253 g/mol. The quantitative estimate of drug-likeness (QED) is 0.515. The Morgan fingerprint density at radius 2 is 2.05 bits per heavy atom. The lowest BCUT2D eigenvalue weighted by Gasteiger charge is -2.10. The van der Waals surface area contributed by atoms with E-state index in [2.05, 4.69) is 57.2 Å². The number of aliphatic imine (C=N–C) groups is 1. The van der Waals surface area contributed by atoms with Gasteiger partial charge in [0, 0.05) is 17.8 Å². The van der Waals surface area contributed by atoms with E-state index in [-0.39, 0.29) is 0 Å². The topological polar surface area (TPSA) is 12.4 Å². The summed E-state index contributed by atoms with van der Waals surface area (Å²) in [6, 6.07) is 8.63. The number of benzene rings is 1. The molecule has 1 aliphatic carbocycles. The first-order chi connectivity index (χ1) is 9.22. The van der Waals surface area contributed by atoms with E-state index in [0.717, 1.165) is 18.7 Å². The van der Waals surface area contributed by atoms with Crippen LogP contribution in [0.2, 0.25) is 0 Å². The highest BCUT2D eigenvalue weighted by Gasteiger charge is 2.11. The molecule has 0 aromatic heterocycles. The van der Waals surface area contributed by atoms with Gasteiger partial charge in [-0.1, -0.05) is 55.3 Å². The highest BCUT2D eigenvalue weighted by molar-refractivity contribution is 6.03. The molecule has 1 nitrogen and oxygen atoms in total. The highest BCUT2D eigenvalue weighted by Crippen LogP contribution is 2.29. The predicted molar refractivity (Wildman–Crippen MR) is 84.8 cm³/mol. The molecular formula is C18H23N. The minimum absolute atomic E-state index is 0.937. The number of allylic oxidation sites excluding steroid dienone is 4. The molecule has 2 rings (SSSR count). The SMILES string of the molecule is CCCC/N=C(\C)c1ccccc1C1=CC(C)=CC1. The Morgan fingerprint density at radius 3 is 2.74 bits per heavy atom. The zero-order valence-corrected chi connectivity index (χ0v) is 12.2. The third kappa shape index (κ3) is 3.44. The lowest BCUT2D eigenvalue weighted by Crippen LogP contribution is -2.01. The number of hydrogen-bond acceptors (Lipinski definition) is 1. The molecule has 0 amide bonds. The van der Waals surface area contributed by atoms with Crippen LogP contribution in [0.5, 0.6) is 0 Å². The van der Waals surface area contributed by atoms with Gasteiger partial charge in [0.2, 0.25) is 0 Å². The number of nitrogens with zero attached hydrogens (tertiary/aromatic N) is 1. The van der Waals surface area contributed by atoms with Crippen molar-refractivity contribution in [2.45, 2.75) is 40.0 Å². The van der Waals surface area contributed by atoms with Gasteiger partial charge in [0.25, 0.3) is 0 Å². The lowest BCUT2D eigenvalue weighted by molar-refractivity contribution is 0.808. The Hall–Kier alpha value is -1.63. The summed E-state index contributed by atoms with van der Waals surface area (Å²) in [7, 11) is 0. The normalized spacial score (nSPS) is 15.4. The Bertz CT molecular complexity index is 532. The third-order valence-electron chi connectivity index (χ3n) is 3.57. The molecule has 0 saturated carbocycles. The van der Waals surface area contributed by atoms with Gasteiger partial charge in [-0.25, -0.2) is 0 Å². The van der Waals surface area contributed by atoms with Gasteiger partial charge in [-0.3, -0.25) is 4.99 Å². The van der Waals surface area contributed by atoms with Crippen molar-refractivity contribution >= 4 is 11.3 Å². The van der Waals surface area contributed by atoms with E-state index in [0.29, 0.717) is 0 Å². The van der Waals surface area contributed by atoms with Crippen molar-refractivity contribution in [2.75, 3.05) is 6.54 Å². The van der Waals surface area contributed by atoms with E-state index in [4.69, 9.17) is 4.99 Å². The van der Waals surface area contributed by atoms with E-state index in [1.165, 1.54) is 35.1 Å². The van der Waals surface area contributed by atoms with E-state index < -0.39 is 0 Å². The fourth-order valence-electron chi connectivity index (χ4n) is 2.42. The maximum atomic E-state index is 4.71. The van der Waals surface area contributed by atoms with Gasteiger partial charge in [-0.15, -0.1) is 0 Å². The molecule has 0 aliphatic heterocycles. The van der Waals surface area contributed by atoms with Gasteiger partial charge in [0.15, 0.2) is 0 Å². The van der Waals surface area contributed by atoms with Gasteiger partial charge in [-0.2, -0.15) is 0 Å². The van der Waals surface area contributed by atoms with Gasteiger partial charge in [-0.05, 0) is 37.8 Å². The van der Waals surface area contributed by atoms with Crippen molar-refractivity contribution < 1.29 is 0 Å². The lowest BCUT2D eigenvalue weighted by atomic mass is 9.96. The Labute approximate surface area is 116 Å². The molecule has 0 N–H and O–H groups in total. The molecule has 19 heavy (non-hydrogen) atoms. The van der Waals surface area contributed by atoms with Crippen LogP contribution in [-0.4, -0.2) is 12.3 Å². The van der Waals surface area contributed by atoms with Gasteiger partial charge < -0.3 is 0 Å². The van der Waals surface area contributed by atoms with E-state index in [1.54, 1.807) is 0 Å². The molecule has 100 valence electrons. The summed E-state index contributed by atoms with van der Waals surface area (Å²) in [5.74, 6) is 0. The van der Waals surface area contributed by atoms with Crippen LogP contribution in [0, 0.1) is 0 Å². The van der Waals surface area contributed by atoms with Crippen LogP contribution in [0.15, 0.2) is 47.0 Å². The average Bonchev–Trinajstić information content (AvgIpc) is 2.85. The van der Waals surface area contributed by atoms with Crippen molar-refractivity contribution in [3.63, 3.8) is 0 Å². The Balaban J connectivity index is 2.27. The first-order valence-electron chi connectivity index (χ1n) is 7.20. The van der Waals surface area contributed by atoms with Crippen molar-refractivity contribution in [3.05, 3.63) is 53.1 Å².